The Morgan fingerprint density at radius 3 is 2.00 bits per heavy atom. The quantitative estimate of drug-likeness (QED) is 0.201. The number of rotatable bonds is 4. The third kappa shape index (κ3) is 6.09. The Morgan fingerprint density at radius 2 is 1.33 bits per heavy atom. The number of methoxy groups -OCH3 is 4. The first kappa shape index (κ1) is 34.5. The number of ether oxygens (including phenoxy) is 6. The van der Waals surface area contributed by atoms with Gasteiger partial charge in [0.1, 0.15) is 5.75 Å². The lowest BCUT2D eigenvalue weighted by atomic mass is 9.87. The highest BCUT2D eigenvalue weighted by Crippen LogP contribution is 2.56. The molecule has 4 aliphatic rings. The first-order valence-corrected chi connectivity index (χ1v) is 18.6. The average molecular weight is 859 g/mol. The summed E-state index contributed by atoms with van der Waals surface area (Å²) < 4.78 is 40.3. The molecule has 8 rings (SSSR count). The largest absolute Gasteiger partial charge is 0.493 e. The van der Waals surface area contributed by atoms with Gasteiger partial charge in [-0.1, -0.05) is 28.1 Å². The molecule has 4 heterocycles. The van der Waals surface area contributed by atoms with Crippen LogP contribution in [0.1, 0.15) is 45.5 Å². The molecule has 2 atom stereocenters. The number of fused-ring (bicyclic) bond motifs is 2. The molecule has 0 aromatic heterocycles. The van der Waals surface area contributed by atoms with E-state index in [1.807, 2.05) is 18.2 Å². The molecule has 0 saturated carbocycles. The van der Waals surface area contributed by atoms with Crippen molar-refractivity contribution < 1.29 is 28.4 Å². The van der Waals surface area contributed by atoms with Gasteiger partial charge in [-0.15, -0.1) is 0 Å². The molecule has 0 aliphatic carbocycles. The van der Waals surface area contributed by atoms with Gasteiger partial charge in [-0.3, -0.25) is 9.80 Å². The number of hydrogen-bond donors (Lipinski definition) is 0. The van der Waals surface area contributed by atoms with Crippen molar-refractivity contribution in [2.24, 2.45) is 0 Å². The fourth-order valence-electron chi connectivity index (χ4n) is 7.47. The Labute approximate surface area is 312 Å². The van der Waals surface area contributed by atoms with Crippen LogP contribution in [0.2, 0.25) is 0 Å². The van der Waals surface area contributed by atoms with Crippen LogP contribution in [0.15, 0.2) is 55.9 Å². The van der Waals surface area contributed by atoms with Crippen molar-refractivity contribution in [2.75, 3.05) is 55.6 Å². The minimum Gasteiger partial charge on any atom is -0.493 e. The van der Waals surface area contributed by atoms with Crippen LogP contribution >= 0.6 is 47.8 Å². The minimum atomic E-state index is -0.0866. The summed E-state index contributed by atoms with van der Waals surface area (Å²) in [6, 6.07) is 14.6. The summed E-state index contributed by atoms with van der Waals surface area (Å²) >= 11 is 11.7. The van der Waals surface area contributed by atoms with E-state index in [0.717, 1.165) is 68.2 Å². The van der Waals surface area contributed by atoms with E-state index in [2.05, 4.69) is 96.0 Å². The summed E-state index contributed by atoms with van der Waals surface area (Å²) in [6.45, 7) is 1.77. The van der Waals surface area contributed by atoms with E-state index in [1.54, 1.807) is 28.4 Å². The Balaban J connectivity index is 1.52. The molecule has 0 unspecified atom stereocenters. The lowest BCUT2D eigenvalue weighted by molar-refractivity contribution is 0.219. The molecule has 0 fully saturated rings. The number of benzene rings is 4. The topological polar surface area (TPSA) is 61.9 Å². The number of hydrogen-bond acceptors (Lipinski definition) is 8. The van der Waals surface area contributed by atoms with Gasteiger partial charge in [0.05, 0.1) is 37.4 Å². The molecule has 258 valence electrons. The first-order valence-electron chi connectivity index (χ1n) is 16.2. The molecule has 49 heavy (non-hydrogen) atoms. The smallest absolute Gasteiger partial charge is 0.205 e. The highest BCUT2D eigenvalue weighted by Gasteiger charge is 2.37. The molecule has 0 saturated heterocycles. The van der Waals surface area contributed by atoms with E-state index < -0.39 is 0 Å². The van der Waals surface area contributed by atoms with E-state index in [-0.39, 0.29) is 12.1 Å². The normalized spacial score (nSPS) is 18.8. The molecule has 0 amide bonds. The Kier molecular flexibility index (Phi) is 9.84. The van der Waals surface area contributed by atoms with Crippen molar-refractivity contribution in [2.45, 2.75) is 37.8 Å². The van der Waals surface area contributed by atoms with Crippen molar-refractivity contribution >= 4 is 47.8 Å². The minimum absolute atomic E-state index is 0.0866. The zero-order valence-electron chi connectivity index (χ0n) is 28.4. The summed E-state index contributed by atoms with van der Waals surface area (Å²) in [6.07, 6.45) is 3.15. The molecular formula is C38H39Br3N2O6. The van der Waals surface area contributed by atoms with Gasteiger partial charge in [-0.05, 0) is 130 Å². The third-order valence-corrected chi connectivity index (χ3v) is 12.5. The summed E-state index contributed by atoms with van der Waals surface area (Å²) in [5.74, 6) is 5.04. The SMILES string of the molecule is COc1cc(Br)c2cc1Oc1ccc(cc1)C[C@H]1c3cc(c(OC)c(Br)c3CCN1C)Oc1c(OC)c(OC)c(Br)c3c1[C@H](C2)N(C)CC3. The van der Waals surface area contributed by atoms with Crippen LogP contribution in [0, 0.1) is 0 Å². The van der Waals surface area contributed by atoms with Gasteiger partial charge in [0.15, 0.2) is 34.5 Å². The van der Waals surface area contributed by atoms with Gasteiger partial charge < -0.3 is 28.4 Å². The molecular weight excluding hydrogens is 820 g/mol. The summed E-state index contributed by atoms with van der Waals surface area (Å²) in [4.78, 5) is 4.78. The molecule has 6 bridgehead atoms. The van der Waals surface area contributed by atoms with Gasteiger partial charge in [0.2, 0.25) is 5.75 Å². The zero-order valence-corrected chi connectivity index (χ0v) is 33.2. The average Bonchev–Trinajstić information content (AvgIpc) is 3.09. The Bertz CT molecular complexity index is 1920. The van der Waals surface area contributed by atoms with E-state index in [1.165, 1.54) is 16.7 Å². The fraction of sp³-hybridized carbons (Fsp3) is 0.368. The lowest BCUT2D eigenvalue weighted by Crippen LogP contribution is -2.34. The fourth-order valence-corrected chi connectivity index (χ4v) is 9.49. The number of likely N-dealkylation sites (N-methyl/N-ethyl adjacent to an activating group) is 2. The van der Waals surface area contributed by atoms with Gasteiger partial charge in [-0.25, -0.2) is 0 Å². The monoisotopic (exact) mass is 856 g/mol. The predicted octanol–water partition coefficient (Wildman–Crippen LogP) is 9.45. The highest BCUT2D eigenvalue weighted by atomic mass is 79.9. The molecule has 11 heteroatoms. The molecule has 8 nitrogen and oxygen atoms in total. The van der Waals surface area contributed by atoms with Crippen molar-refractivity contribution in [1.29, 1.82) is 0 Å². The number of halogens is 3. The second-order valence-electron chi connectivity index (χ2n) is 12.7. The van der Waals surface area contributed by atoms with Gasteiger partial charge >= 0.3 is 0 Å². The summed E-state index contributed by atoms with van der Waals surface area (Å²) in [7, 11) is 11.0. The van der Waals surface area contributed by atoms with Crippen molar-refractivity contribution in [3.63, 3.8) is 0 Å². The molecule has 0 radical (unpaired) electrons. The van der Waals surface area contributed by atoms with Crippen molar-refractivity contribution in [3.8, 4) is 46.0 Å². The Hall–Kier alpha value is -2.96. The second-order valence-corrected chi connectivity index (χ2v) is 15.2. The summed E-state index contributed by atoms with van der Waals surface area (Å²) in [5, 5.41) is 0. The van der Waals surface area contributed by atoms with E-state index in [0.29, 0.717) is 46.7 Å². The predicted molar refractivity (Wildman–Crippen MR) is 201 cm³/mol. The van der Waals surface area contributed by atoms with Crippen LogP contribution in [-0.2, 0) is 25.7 Å². The van der Waals surface area contributed by atoms with Gasteiger partial charge in [0.25, 0.3) is 0 Å². The maximum absolute atomic E-state index is 7.13. The van der Waals surface area contributed by atoms with Crippen LogP contribution in [0.5, 0.6) is 46.0 Å². The highest BCUT2D eigenvalue weighted by molar-refractivity contribution is 9.11. The maximum Gasteiger partial charge on any atom is 0.205 e. The van der Waals surface area contributed by atoms with E-state index in [9.17, 15) is 0 Å². The second kappa shape index (κ2) is 14.0. The lowest BCUT2D eigenvalue weighted by Gasteiger charge is -2.38. The van der Waals surface area contributed by atoms with Crippen LogP contribution in [0.3, 0.4) is 0 Å². The van der Waals surface area contributed by atoms with Crippen LogP contribution in [0.4, 0.5) is 0 Å². The van der Waals surface area contributed by atoms with Crippen LogP contribution in [-0.4, -0.2) is 65.4 Å². The van der Waals surface area contributed by atoms with Crippen LogP contribution < -0.4 is 28.4 Å². The third-order valence-electron chi connectivity index (χ3n) is 10.1. The van der Waals surface area contributed by atoms with Gasteiger partial charge in [-0.2, -0.15) is 0 Å². The molecule has 4 aromatic carbocycles. The first-order chi connectivity index (χ1) is 23.7. The Morgan fingerprint density at radius 1 is 0.673 bits per heavy atom. The molecule has 0 spiro atoms. The van der Waals surface area contributed by atoms with Crippen molar-refractivity contribution in [3.05, 3.63) is 89.3 Å². The van der Waals surface area contributed by atoms with Gasteiger partial charge in [0, 0.05) is 35.2 Å². The molecule has 4 aliphatic heterocycles. The van der Waals surface area contributed by atoms with E-state index >= 15 is 0 Å². The molecule has 0 N–H and O–H groups in total. The maximum atomic E-state index is 7.13. The standard InChI is InChI=1S/C38H39Br3N2O6/c1-42-13-11-23-25-18-31(35(45-4)33(23)40)49-36-32-24(34(41)37(46-5)38(36)47-6)12-14-43(2)28(32)16-21-17-30(29(44-3)19-26(21)39)48-22-9-7-20(8-10-22)15-27(25)42/h7-10,17-19,27-28H,11-16H2,1-6H3/t27-,28-/m0/s1. The zero-order chi connectivity index (χ0) is 34.6. The number of nitrogens with zero attached hydrogens (tertiary/aromatic N) is 2. The molecule has 4 aromatic rings. The van der Waals surface area contributed by atoms with Crippen molar-refractivity contribution in [1.82, 2.24) is 9.80 Å². The summed E-state index contributed by atoms with van der Waals surface area (Å²) in [5.41, 5.74) is 6.86. The van der Waals surface area contributed by atoms with E-state index in [4.69, 9.17) is 28.4 Å². The van der Waals surface area contributed by atoms with Crippen LogP contribution in [0.25, 0.3) is 0 Å².